The van der Waals surface area contributed by atoms with Crippen molar-refractivity contribution < 1.29 is 14.6 Å². The highest BCUT2D eigenvalue weighted by Gasteiger charge is 2.42. The number of carbonyl (C=O) groups is 1. The molecule has 1 amide bonds. The molecular weight excluding hydrogens is 266 g/mol. The number of rotatable bonds is 7. The van der Waals surface area contributed by atoms with Gasteiger partial charge in [0.05, 0.1) is 19.3 Å². The average Bonchev–Trinajstić information content (AvgIpc) is 3.32. The van der Waals surface area contributed by atoms with Crippen LogP contribution >= 0.6 is 0 Å². The van der Waals surface area contributed by atoms with Crippen LogP contribution in [0.5, 0.6) is 5.75 Å². The maximum absolute atomic E-state index is 12.2. The Hall–Kier alpha value is -1.55. The highest BCUT2D eigenvalue weighted by molar-refractivity contribution is 5.77. The van der Waals surface area contributed by atoms with Crippen LogP contribution in [0.3, 0.4) is 0 Å². The van der Waals surface area contributed by atoms with Crippen LogP contribution in [0.1, 0.15) is 44.6 Å². The van der Waals surface area contributed by atoms with Crippen molar-refractivity contribution in [3.63, 3.8) is 0 Å². The van der Waals surface area contributed by atoms with Crippen LogP contribution in [0.2, 0.25) is 0 Å². The summed E-state index contributed by atoms with van der Waals surface area (Å²) in [5, 5.41) is 12.5. The summed E-state index contributed by atoms with van der Waals surface area (Å²) in [4.78, 5) is 12.2. The molecule has 1 aromatic carbocycles. The Morgan fingerprint density at radius 2 is 2.05 bits per heavy atom. The second-order valence-electron chi connectivity index (χ2n) is 6.28. The Balaban J connectivity index is 1.91. The van der Waals surface area contributed by atoms with Crippen LogP contribution in [-0.4, -0.2) is 30.3 Å². The molecule has 21 heavy (non-hydrogen) atoms. The van der Waals surface area contributed by atoms with Gasteiger partial charge in [0.2, 0.25) is 5.91 Å². The van der Waals surface area contributed by atoms with Crippen LogP contribution in [-0.2, 0) is 4.79 Å². The molecule has 0 aliphatic heterocycles. The number of methoxy groups -OCH3 is 1. The minimum Gasteiger partial charge on any atom is -0.497 e. The van der Waals surface area contributed by atoms with Gasteiger partial charge in [-0.25, -0.2) is 0 Å². The van der Waals surface area contributed by atoms with Gasteiger partial charge in [0.1, 0.15) is 5.75 Å². The van der Waals surface area contributed by atoms with Gasteiger partial charge in [0.15, 0.2) is 0 Å². The van der Waals surface area contributed by atoms with Gasteiger partial charge in [-0.3, -0.25) is 4.79 Å². The van der Waals surface area contributed by atoms with E-state index >= 15 is 0 Å². The van der Waals surface area contributed by atoms with Gasteiger partial charge in [-0.1, -0.05) is 19.1 Å². The largest absolute Gasteiger partial charge is 0.497 e. The summed E-state index contributed by atoms with van der Waals surface area (Å²) in [6, 6.07) is 7.80. The summed E-state index contributed by atoms with van der Waals surface area (Å²) in [5.74, 6) is 1.37. The standard InChI is InChI=1S/C17H25NO3/c1-12(13-4-8-15(21-3)9-5-13)10-16(20)18-17(2,11-19)14-6-7-14/h4-5,8-9,12,14,19H,6-7,10-11H2,1-3H3,(H,18,20). The fourth-order valence-corrected chi connectivity index (χ4v) is 2.69. The van der Waals surface area contributed by atoms with Crippen molar-refractivity contribution in [1.82, 2.24) is 5.32 Å². The fourth-order valence-electron chi connectivity index (χ4n) is 2.69. The van der Waals surface area contributed by atoms with E-state index in [1.54, 1.807) is 7.11 Å². The highest BCUT2D eigenvalue weighted by atomic mass is 16.5. The SMILES string of the molecule is COc1ccc(C(C)CC(=O)NC(C)(CO)C2CC2)cc1. The van der Waals surface area contributed by atoms with Crippen molar-refractivity contribution in [2.45, 2.75) is 44.6 Å². The number of hydrogen-bond donors (Lipinski definition) is 2. The summed E-state index contributed by atoms with van der Waals surface area (Å²) in [6.45, 7) is 3.97. The Labute approximate surface area is 126 Å². The quantitative estimate of drug-likeness (QED) is 0.811. The van der Waals surface area contributed by atoms with E-state index in [1.165, 1.54) is 0 Å². The Bertz CT molecular complexity index is 481. The Kier molecular flexibility index (Phi) is 4.88. The zero-order chi connectivity index (χ0) is 15.5. The summed E-state index contributed by atoms with van der Waals surface area (Å²) in [7, 11) is 1.64. The number of nitrogens with one attached hydrogen (secondary N) is 1. The van der Waals surface area contributed by atoms with Gasteiger partial charge >= 0.3 is 0 Å². The molecule has 4 heteroatoms. The normalized spacial score (nSPS) is 18.7. The van der Waals surface area contributed by atoms with Gasteiger partial charge in [-0.05, 0) is 49.3 Å². The fraction of sp³-hybridized carbons (Fsp3) is 0.588. The highest BCUT2D eigenvalue weighted by Crippen LogP contribution is 2.39. The molecule has 0 radical (unpaired) electrons. The number of aliphatic hydroxyl groups excluding tert-OH is 1. The molecule has 0 bridgehead atoms. The third-order valence-corrected chi connectivity index (χ3v) is 4.41. The van der Waals surface area contributed by atoms with Crippen LogP contribution in [0.15, 0.2) is 24.3 Å². The summed E-state index contributed by atoms with van der Waals surface area (Å²) >= 11 is 0. The van der Waals surface area contributed by atoms with E-state index in [0.29, 0.717) is 12.3 Å². The lowest BCUT2D eigenvalue weighted by molar-refractivity contribution is -0.124. The molecule has 2 unspecified atom stereocenters. The molecule has 1 aliphatic carbocycles. The van der Waals surface area contributed by atoms with Crippen LogP contribution in [0.4, 0.5) is 0 Å². The van der Waals surface area contributed by atoms with E-state index < -0.39 is 5.54 Å². The van der Waals surface area contributed by atoms with E-state index in [1.807, 2.05) is 38.1 Å². The minimum atomic E-state index is -0.462. The van der Waals surface area contributed by atoms with E-state index in [4.69, 9.17) is 4.74 Å². The summed E-state index contributed by atoms with van der Waals surface area (Å²) in [6.07, 6.45) is 2.60. The van der Waals surface area contributed by atoms with Crippen molar-refractivity contribution in [2.75, 3.05) is 13.7 Å². The van der Waals surface area contributed by atoms with Gasteiger partial charge in [0, 0.05) is 6.42 Å². The lowest BCUT2D eigenvalue weighted by Gasteiger charge is -2.29. The lowest BCUT2D eigenvalue weighted by atomic mass is 9.94. The van der Waals surface area contributed by atoms with E-state index in [2.05, 4.69) is 5.32 Å². The molecule has 2 atom stereocenters. The van der Waals surface area contributed by atoms with E-state index in [0.717, 1.165) is 24.2 Å². The van der Waals surface area contributed by atoms with Gasteiger partial charge in [0.25, 0.3) is 0 Å². The first-order chi connectivity index (χ1) is 9.98. The summed E-state index contributed by atoms with van der Waals surface area (Å²) < 4.78 is 5.14. The molecular formula is C17H25NO3. The van der Waals surface area contributed by atoms with Crippen molar-refractivity contribution in [3.8, 4) is 5.75 Å². The second kappa shape index (κ2) is 6.48. The van der Waals surface area contributed by atoms with Crippen LogP contribution in [0.25, 0.3) is 0 Å². The smallest absolute Gasteiger partial charge is 0.221 e. The van der Waals surface area contributed by atoms with Gasteiger partial charge in [-0.15, -0.1) is 0 Å². The maximum atomic E-state index is 12.2. The third kappa shape index (κ3) is 3.97. The zero-order valence-electron chi connectivity index (χ0n) is 13.1. The minimum absolute atomic E-state index is 0.000321. The first-order valence-corrected chi connectivity index (χ1v) is 7.54. The number of benzene rings is 1. The van der Waals surface area contributed by atoms with Crippen molar-refractivity contribution in [2.24, 2.45) is 5.92 Å². The first kappa shape index (κ1) is 15.8. The molecule has 4 nitrogen and oxygen atoms in total. The maximum Gasteiger partial charge on any atom is 0.221 e. The number of carbonyl (C=O) groups excluding carboxylic acids is 1. The predicted octanol–water partition coefficient (Wildman–Crippen LogP) is 2.47. The molecule has 0 spiro atoms. The number of hydrogen-bond acceptors (Lipinski definition) is 3. The topological polar surface area (TPSA) is 58.6 Å². The van der Waals surface area contributed by atoms with Crippen LogP contribution < -0.4 is 10.1 Å². The Morgan fingerprint density at radius 1 is 1.43 bits per heavy atom. The van der Waals surface area contributed by atoms with Crippen molar-refractivity contribution >= 4 is 5.91 Å². The Morgan fingerprint density at radius 3 is 2.52 bits per heavy atom. The molecule has 2 rings (SSSR count). The molecule has 2 N–H and O–H groups in total. The average molecular weight is 291 g/mol. The molecule has 0 aromatic heterocycles. The molecule has 0 heterocycles. The number of ether oxygens (including phenoxy) is 1. The predicted molar refractivity (Wildman–Crippen MR) is 82.4 cm³/mol. The van der Waals surface area contributed by atoms with Crippen LogP contribution in [0, 0.1) is 5.92 Å². The van der Waals surface area contributed by atoms with E-state index in [-0.39, 0.29) is 18.4 Å². The van der Waals surface area contributed by atoms with E-state index in [9.17, 15) is 9.90 Å². The van der Waals surface area contributed by atoms with Crippen molar-refractivity contribution in [3.05, 3.63) is 29.8 Å². The summed E-state index contributed by atoms with van der Waals surface area (Å²) in [5.41, 5.74) is 0.652. The first-order valence-electron chi connectivity index (χ1n) is 7.54. The molecule has 1 saturated carbocycles. The number of amides is 1. The molecule has 116 valence electrons. The third-order valence-electron chi connectivity index (χ3n) is 4.41. The molecule has 0 saturated heterocycles. The lowest BCUT2D eigenvalue weighted by Crippen LogP contribution is -2.50. The molecule has 1 aliphatic rings. The second-order valence-corrected chi connectivity index (χ2v) is 6.28. The zero-order valence-corrected chi connectivity index (χ0v) is 13.1. The molecule has 1 aromatic rings. The number of aliphatic hydroxyl groups is 1. The monoisotopic (exact) mass is 291 g/mol. The van der Waals surface area contributed by atoms with Gasteiger partial charge < -0.3 is 15.2 Å². The van der Waals surface area contributed by atoms with Gasteiger partial charge in [-0.2, -0.15) is 0 Å². The molecule has 1 fully saturated rings. The van der Waals surface area contributed by atoms with Crippen molar-refractivity contribution in [1.29, 1.82) is 0 Å².